The van der Waals surface area contributed by atoms with E-state index in [2.05, 4.69) is 5.32 Å². The molecule has 0 radical (unpaired) electrons. The van der Waals surface area contributed by atoms with Gasteiger partial charge in [-0.25, -0.2) is 4.79 Å². The number of ether oxygens (including phenoxy) is 1. The summed E-state index contributed by atoms with van der Waals surface area (Å²) in [7, 11) is 0. The van der Waals surface area contributed by atoms with Gasteiger partial charge in [-0.15, -0.1) is 0 Å². The van der Waals surface area contributed by atoms with E-state index >= 15 is 0 Å². The third-order valence-electron chi connectivity index (χ3n) is 5.53. The molecule has 7 heteroatoms. The zero-order valence-electron chi connectivity index (χ0n) is 14.7. The largest absolute Gasteiger partial charge is 0.381 e. The number of urea groups is 1. The summed E-state index contributed by atoms with van der Waals surface area (Å²) in [6, 6.07) is 6.84. The van der Waals surface area contributed by atoms with E-state index in [9.17, 15) is 14.4 Å². The topological polar surface area (TPSA) is 79.0 Å². The quantitative estimate of drug-likeness (QED) is 0.832. The second kappa shape index (κ2) is 6.72. The second-order valence-electron chi connectivity index (χ2n) is 7.21. The van der Waals surface area contributed by atoms with Crippen LogP contribution < -0.4 is 5.32 Å². The van der Waals surface area contributed by atoms with Crippen LogP contribution in [-0.4, -0.2) is 59.5 Å². The monoisotopic (exact) mass is 357 g/mol. The van der Waals surface area contributed by atoms with E-state index in [1.807, 2.05) is 17.0 Å². The van der Waals surface area contributed by atoms with Crippen molar-refractivity contribution in [3.8, 4) is 0 Å². The Bertz CT molecular complexity index is 719. The van der Waals surface area contributed by atoms with Crippen LogP contribution in [0.3, 0.4) is 0 Å². The van der Waals surface area contributed by atoms with E-state index < -0.39 is 5.54 Å². The summed E-state index contributed by atoms with van der Waals surface area (Å²) in [5, 5.41) is 2.85. The molecule has 0 unspecified atom stereocenters. The summed E-state index contributed by atoms with van der Waals surface area (Å²) >= 11 is 0. The van der Waals surface area contributed by atoms with Gasteiger partial charge in [0.2, 0.25) is 0 Å². The number of hydrogen-bond donors (Lipinski definition) is 1. The highest BCUT2D eigenvalue weighted by Gasteiger charge is 2.51. The van der Waals surface area contributed by atoms with E-state index in [1.165, 1.54) is 4.90 Å². The summed E-state index contributed by atoms with van der Waals surface area (Å²) in [4.78, 5) is 40.6. The van der Waals surface area contributed by atoms with Gasteiger partial charge in [0.1, 0.15) is 5.54 Å². The number of carbonyl (C=O) groups excluding carboxylic acids is 3. The molecule has 1 aromatic carbocycles. The van der Waals surface area contributed by atoms with Crippen molar-refractivity contribution >= 4 is 17.8 Å². The predicted octanol–water partition coefficient (Wildman–Crippen LogP) is 1.52. The van der Waals surface area contributed by atoms with Crippen LogP contribution in [0.5, 0.6) is 0 Å². The van der Waals surface area contributed by atoms with Crippen LogP contribution in [-0.2, 0) is 16.1 Å². The van der Waals surface area contributed by atoms with Gasteiger partial charge in [-0.1, -0.05) is 12.1 Å². The number of likely N-dealkylation sites (tertiary alicyclic amines) is 1. The maximum atomic E-state index is 12.8. The number of rotatable bonds is 3. The highest BCUT2D eigenvalue weighted by Crippen LogP contribution is 2.29. The second-order valence-corrected chi connectivity index (χ2v) is 7.21. The van der Waals surface area contributed by atoms with Crippen LogP contribution >= 0.6 is 0 Å². The third kappa shape index (κ3) is 2.96. The Morgan fingerprint density at radius 3 is 2.38 bits per heavy atom. The normalized spacial score (nSPS) is 22.2. The van der Waals surface area contributed by atoms with Crippen molar-refractivity contribution in [1.29, 1.82) is 0 Å². The van der Waals surface area contributed by atoms with Gasteiger partial charge >= 0.3 is 6.03 Å². The maximum Gasteiger partial charge on any atom is 0.325 e. The van der Waals surface area contributed by atoms with Crippen molar-refractivity contribution < 1.29 is 19.1 Å². The molecule has 3 aliphatic rings. The van der Waals surface area contributed by atoms with Crippen molar-refractivity contribution in [2.45, 2.75) is 37.8 Å². The molecule has 1 spiro atoms. The molecular weight excluding hydrogens is 334 g/mol. The van der Waals surface area contributed by atoms with Crippen molar-refractivity contribution in [2.24, 2.45) is 0 Å². The lowest BCUT2D eigenvalue weighted by Crippen LogP contribution is -2.51. The molecule has 138 valence electrons. The smallest absolute Gasteiger partial charge is 0.325 e. The van der Waals surface area contributed by atoms with Crippen molar-refractivity contribution in [1.82, 2.24) is 15.1 Å². The summed E-state index contributed by atoms with van der Waals surface area (Å²) in [5.74, 6) is -0.131. The fraction of sp³-hybridized carbons (Fsp3) is 0.526. The number of amides is 4. The average molecular weight is 357 g/mol. The first-order valence-electron chi connectivity index (χ1n) is 9.19. The first-order chi connectivity index (χ1) is 12.6. The zero-order valence-corrected chi connectivity index (χ0v) is 14.7. The van der Waals surface area contributed by atoms with Crippen LogP contribution in [0.4, 0.5) is 4.79 Å². The van der Waals surface area contributed by atoms with Gasteiger partial charge in [0.15, 0.2) is 0 Å². The fourth-order valence-corrected chi connectivity index (χ4v) is 3.92. The highest BCUT2D eigenvalue weighted by molar-refractivity contribution is 6.07. The number of nitrogens with one attached hydrogen (secondary N) is 1. The Labute approximate surface area is 152 Å². The molecule has 0 aliphatic carbocycles. The molecule has 26 heavy (non-hydrogen) atoms. The lowest BCUT2D eigenvalue weighted by atomic mass is 9.90. The molecule has 0 atom stereocenters. The molecule has 0 saturated carbocycles. The van der Waals surface area contributed by atoms with E-state index in [4.69, 9.17) is 4.74 Å². The summed E-state index contributed by atoms with van der Waals surface area (Å²) in [6.45, 7) is 2.80. The van der Waals surface area contributed by atoms with E-state index in [-0.39, 0.29) is 24.4 Å². The summed E-state index contributed by atoms with van der Waals surface area (Å²) < 4.78 is 5.31. The van der Waals surface area contributed by atoms with Gasteiger partial charge in [-0.05, 0) is 30.5 Å². The van der Waals surface area contributed by atoms with Crippen molar-refractivity contribution in [2.75, 3.05) is 26.3 Å². The lowest BCUT2D eigenvalue weighted by molar-refractivity contribution is -0.134. The molecule has 4 rings (SSSR count). The molecule has 7 nitrogen and oxygen atoms in total. The first kappa shape index (κ1) is 17.0. The van der Waals surface area contributed by atoms with Crippen LogP contribution in [0.1, 0.15) is 41.6 Å². The zero-order chi connectivity index (χ0) is 18.1. The number of hydrogen-bond acceptors (Lipinski definition) is 4. The number of benzene rings is 1. The summed E-state index contributed by atoms with van der Waals surface area (Å²) in [6.07, 6.45) is 3.14. The van der Waals surface area contributed by atoms with Gasteiger partial charge in [0.05, 0.1) is 6.54 Å². The lowest BCUT2D eigenvalue weighted by Gasteiger charge is -2.30. The molecular formula is C19H23N3O4. The van der Waals surface area contributed by atoms with E-state index in [1.54, 1.807) is 12.1 Å². The van der Waals surface area contributed by atoms with E-state index in [0.717, 1.165) is 31.5 Å². The number of imide groups is 1. The van der Waals surface area contributed by atoms with Crippen LogP contribution in [0.2, 0.25) is 0 Å². The van der Waals surface area contributed by atoms with Crippen LogP contribution in [0.25, 0.3) is 0 Å². The fourth-order valence-electron chi connectivity index (χ4n) is 3.92. The average Bonchev–Trinajstić information content (AvgIpc) is 3.27. The van der Waals surface area contributed by atoms with Crippen LogP contribution in [0.15, 0.2) is 24.3 Å². The van der Waals surface area contributed by atoms with Gasteiger partial charge < -0.3 is 15.0 Å². The standard InChI is InChI=1S/C19H23N3O4/c23-16(21-9-1-2-10-21)15-5-3-14(4-6-15)13-22-17(24)19(20-18(22)25)7-11-26-12-8-19/h3-6H,1-2,7-13H2,(H,20,25). The van der Waals surface area contributed by atoms with E-state index in [0.29, 0.717) is 31.6 Å². The minimum absolute atomic E-state index is 0.0465. The van der Waals surface area contributed by atoms with Gasteiger partial charge in [0.25, 0.3) is 11.8 Å². The molecule has 4 amide bonds. The van der Waals surface area contributed by atoms with Gasteiger partial charge in [0, 0.05) is 44.7 Å². The minimum Gasteiger partial charge on any atom is -0.381 e. The third-order valence-corrected chi connectivity index (χ3v) is 5.53. The van der Waals surface area contributed by atoms with Gasteiger partial charge in [-0.2, -0.15) is 0 Å². The first-order valence-corrected chi connectivity index (χ1v) is 9.19. The minimum atomic E-state index is -0.805. The Morgan fingerprint density at radius 2 is 1.73 bits per heavy atom. The van der Waals surface area contributed by atoms with Gasteiger partial charge in [-0.3, -0.25) is 14.5 Å². The van der Waals surface area contributed by atoms with Crippen molar-refractivity contribution in [3.63, 3.8) is 0 Å². The maximum absolute atomic E-state index is 12.8. The molecule has 0 bridgehead atoms. The molecule has 1 aromatic rings. The number of nitrogens with zero attached hydrogens (tertiary/aromatic N) is 2. The van der Waals surface area contributed by atoms with Crippen molar-refractivity contribution in [3.05, 3.63) is 35.4 Å². The Kier molecular flexibility index (Phi) is 4.40. The molecule has 3 fully saturated rings. The molecule has 1 N–H and O–H groups in total. The van der Waals surface area contributed by atoms with Crippen LogP contribution in [0, 0.1) is 0 Å². The molecule has 3 saturated heterocycles. The Morgan fingerprint density at radius 1 is 1.08 bits per heavy atom. The SMILES string of the molecule is O=C(c1ccc(CN2C(=O)NC3(CCOCC3)C2=O)cc1)N1CCCC1. The number of carbonyl (C=O) groups is 3. The molecule has 0 aromatic heterocycles. The Balaban J connectivity index is 1.44. The highest BCUT2D eigenvalue weighted by atomic mass is 16.5. The Hall–Kier alpha value is -2.41. The predicted molar refractivity (Wildman–Crippen MR) is 93.4 cm³/mol. The molecule has 3 aliphatic heterocycles. The molecule has 3 heterocycles. The summed E-state index contributed by atoms with van der Waals surface area (Å²) in [5.41, 5.74) is 0.672.